The average Bonchev–Trinajstić information content (AvgIpc) is 3.23. The molecule has 0 atom stereocenters. The molecule has 8 heteroatoms. The molecule has 1 aromatic heterocycles. The number of aromatic nitrogens is 2. The first-order valence-electron chi connectivity index (χ1n) is 9.57. The van der Waals surface area contributed by atoms with Crippen LogP contribution in [0, 0.1) is 11.3 Å². The Kier molecular flexibility index (Phi) is 6.55. The van der Waals surface area contributed by atoms with Gasteiger partial charge in [0.25, 0.3) is 5.91 Å². The van der Waals surface area contributed by atoms with E-state index in [0.717, 1.165) is 10.0 Å². The van der Waals surface area contributed by atoms with E-state index < -0.39 is 5.91 Å². The van der Waals surface area contributed by atoms with Gasteiger partial charge in [0.15, 0.2) is 5.69 Å². The van der Waals surface area contributed by atoms with Crippen LogP contribution in [-0.4, -0.2) is 15.7 Å². The number of carbonyl (C=O) groups excluding carboxylic acids is 1. The van der Waals surface area contributed by atoms with E-state index in [2.05, 4.69) is 26.3 Å². The SMILES string of the molecule is N#Cc1cc(NC(=O)c2cc(Br)ccc2Cl)n(-c2cccc(OCc3ccccc3)c2)n1. The van der Waals surface area contributed by atoms with E-state index in [1.165, 1.54) is 10.7 Å². The summed E-state index contributed by atoms with van der Waals surface area (Å²) in [6, 6.07) is 25.6. The predicted octanol–water partition coefficient (Wildman–Crippen LogP) is 5.99. The molecule has 4 rings (SSSR count). The van der Waals surface area contributed by atoms with E-state index >= 15 is 0 Å². The molecule has 0 radical (unpaired) electrons. The van der Waals surface area contributed by atoms with Gasteiger partial charge in [-0.3, -0.25) is 4.79 Å². The lowest BCUT2D eigenvalue weighted by atomic mass is 10.2. The van der Waals surface area contributed by atoms with Gasteiger partial charge in [-0.25, -0.2) is 4.68 Å². The molecule has 0 spiro atoms. The van der Waals surface area contributed by atoms with Crippen molar-refractivity contribution < 1.29 is 9.53 Å². The first-order valence-corrected chi connectivity index (χ1v) is 10.7. The Morgan fingerprint density at radius 2 is 1.91 bits per heavy atom. The first-order chi connectivity index (χ1) is 15.5. The fraction of sp³-hybridized carbons (Fsp3) is 0.0417. The molecule has 158 valence electrons. The predicted molar refractivity (Wildman–Crippen MR) is 126 cm³/mol. The standard InChI is InChI=1S/C24H16BrClN4O2/c25-17-9-10-22(26)21(11-17)24(31)28-23-12-18(14-27)29-30(23)19-7-4-8-20(13-19)32-15-16-5-2-1-3-6-16/h1-13H,15H2,(H,28,31). The zero-order valence-corrected chi connectivity index (χ0v) is 19.0. The van der Waals surface area contributed by atoms with Gasteiger partial charge in [0, 0.05) is 16.6 Å². The minimum Gasteiger partial charge on any atom is -0.489 e. The number of nitriles is 1. The minimum absolute atomic E-state index is 0.163. The van der Waals surface area contributed by atoms with Crippen LogP contribution in [0.15, 0.2) is 83.3 Å². The number of halogens is 2. The fourth-order valence-electron chi connectivity index (χ4n) is 3.02. The Morgan fingerprint density at radius 1 is 1.09 bits per heavy atom. The number of hydrogen-bond acceptors (Lipinski definition) is 4. The van der Waals surface area contributed by atoms with Crippen LogP contribution in [0.4, 0.5) is 5.82 Å². The number of amides is 1. The van der Waals surface area contributed by atoms with E-state index in [9.17, 15) is 10.1 Å². The molecule has 0 saturated heterocycles. The summed E-state index contributed by atoms with van der Waals surface area (Å²) in [6.45, 7) is 0.415. The number of nitrogens with one attached hydrogen (secondary N) is 1. The zero-order valence-electron chi connectivity index (χ0n) is 16.6. The molecule has 1 N–H and O–H groups in total. The zero-order chi connectivity index (χ0) is 22.5. The van der Waals surface area contributed by atoms with Crippen molar-refractivity contribution >= 4 is 39.3 Å². The van der Waals surface area contributed by atoms with E-state index in [1.54, 1.807) is 24.3 Å². The largest absolute Gasteiger partial charge is 0.489 e. The van der Waals surface area contributed by atoms with Crippen LogP contribution in [0.5, 0.6) is 5.75 Å². The summed E-state index contributed by atoms with van der Waals surface area (Å²) in [5.74, 6) is 0.550. The summed E-state index contributed by atoms with van der Waals surface area (Å²) >= 11 is 9.52. The highest BCUT2D eigenvalue weighted by Crippen LogP contribution is 2.25. The van der Waals surface area contributed by atoms with Crippen LogP contribution in [-0.2, 0) is 6.61 Å². The second-order valence-corrected chi connectivity index (χ2v) is 8.11. The quantitative estimate of drug-likeness (QED) is 0.347. The highest BCUT2D eigenvalue weighted by molar-refractivity contribution is 9.10. The van der Waals surface area contributed by atoms with Crippen molar-refractivity contribution in [3.05, 3.63) is 105 Å². The summed E-state index contributed by atoms with van der Waals surface area (Å²) in [5, 5.41) is 16.7. The molecule has 32 heavy (non-hydrogen) atoms. The Balaban J connectivity index is 1.60. The molecule has 0 bridgehead atoms. The maximum absolute atomic E-state index is 12.8. The normalized spacial score (nSPS) is 10.4. The van der Waals surface area contributed by atoms with Crippen LogP contribution >= 0.6 is 27.5 Å². The van der Waals surface area contributed by atoms with Crippen molar-refractivity contribution in [3.8, 4) is 17.5 Å². The van der Waals surface area contributed by atoms with E-state index in [1.807, 2.05) is 54.6 Å². The fourth-order valence-corrected chi connectivity index (χ4v) is 3.59. The Labute approximate surface area is 198 Å². The maximum atomic E-state index is 12.8. The van der Waals surface area contributed by atoms with Gasteiger partial charge in [0.2, 0.25) is 0 Å². The number of hydrogen-bond donors (Lipinski definition) is 1. The highest BCUT2D eigenvalue weighted by Gasteiger charge is 2.16. The van der Waals surface area contributed by atoms with Crippen molar-refractivity contribution in [2.24, 2.45) is 0 Å². The molecule has 0 fully saturated rings. The van der Waals surface area contributed by atoms with Crippen LogP contribution < -0.4 is 10.1 Å². The van der Waals surface area contributed by atoms with E-state index in [4.69, 9.17) is 16.3 Å². The Hall–Kier alpha value is -3.60. The number of ether oxygens (including phenoxy) is 1. The number of nitrogens with zero attached hydrogens (tertiary/aromatic N) is 3. The molecule has 0 aliphatic rings. The van der Waals surface area contributed by atoms with Gasteiger partial charge in [-0.05, 0) is 35.9 Å². The van der Waals surface area contributed by atoms with Crippen LogP contribution in [0.3, 0.4) is 0 Å². The molecule has 3 aromatic carbocycles. The maximum Gasteiger partial charge on any atom is 0.258 e. The van der Waals surface area contributed by atoms with Crippen molar-refractivity contribution in [3.63, 3.8) is 0 Å². The number of anilines is 1. The summed E-state index contributed by atoms with van der Waals surface area (Å²) in [4.78, 5) is 12.8. The average molecular weight is 508 g/mol. The molecule has 0 aliphatic carbocycles. The Bertz CT molecular complexity index is 1320. The molecular weight excluding hydrogens is 492 g/mol. The third-order valence-corrected chi connectivity index (χ3v) is 5.37. The topological polar surface area (TPSA) is 79.9 Å². The van der Waals surface area contributed by atoms with E-state index in [0.29, 0.717) is 34.4 Å². The first kappa shape index (κ1) is 21.6. The van der Waals surface area contributed by atoms with Gasteiger partial charge in [-0.15, -0.1) is 0 Å². The molecule has 4 aromatic rings. The van der Waals surface area contributed by atoms with Gasteiger partial charge < -0.3 is 10.1 Å². The molecular formula is C24H16BrClN4O2. The monoisotopic (exact) mass is 506 g/mol. The van der Waals surface area contributed by atoms with Crippen molar-refractivity contribution in [1.29, 1.82) is 5.26 Å². The molecule has 0 unspecified atom stereocenters. The second kappa shape index (κ2) is 9.69. The van der Waals surface area contributed by atoms with Gasteiger partial charge in [-0.1, -0.05) is 63.9 Å². The van der Waals surface area contributed by atoms with Crippen molar-refractivity contribution in [2.45, 2.75) is 6.61 Å². The lowest BCUT2D eigenvalue weighted by molar-refractivity contribution is 0.102. The lowest BCUT2D eigenvalue weighted by Crippen LogP contribution is -2.15. The van der Waals surface area contributed by atoms with Crippen LogP contribution in [0.1, 0.15) is 21.6 Å². The van der Waals surface area contributed by atoms with Crippen LogP contribution in [0.25, 0.3) is 5.69 Å². The second-order valence-electron chi connectivity index (χ2n) is 6.79. The lowest BCUT2D eigenvalue weighted by Gasteiger charge is -2.12. The third kappa shape index (κ3) is 4.99. The van der Waals surface area contributed by atoms with Gasteiger partial charge in [0.05, 0.1) is 16.3 Å². The Morgan fingerprint density at radius 3 is 2.69 bits per heavy atom. The number of benzene rings is 3. The molecule has 0 saturated carbocycles. The summed E-state index contributed by atoms with van der Waals surface area (Å²) < 4.78 is 8.10. The van der Waals surface area contributed by atoms with Crippen molar-refractivity contribution in [2.75, 3.05) is 5.32 Å². The molecule has 1 amide bonds. The van der Waals surface area contributed by atoms with Crippen LogP contribution in [0.2, 0.25) is 5.02 Å². The molecule has 6 nitrogen and oxygen atoms in total. The minimum atomic E-state index is -0.418. The van der Waals surface area contributed by atoms with Gasteiger partial charge in [-0.2, -0.15) is 10.4 Å². The molecule has 1 heterocycles. The van der Waals surface area contributed by atoms with Gasteiger partial charge in [0.1, 0.15) is 24.2 Å². The smallest absolute Gasteiger partial charge is 0.258 e. The summed E-state index contributed by atoms with van der Waals surface area (Å²) in [6.07, 6.45) is 0. The van der Waals surface area contributed by atoms with E-state index in [-0.39, 0.29) is 5.69 Å². The van der Waals surface area contributed by atoms with Gasteiger partial charge >= 0.3 is 0 Å². The van der Waals surface area contributed by atoms with Crippen molar-refractivity contribution in [1.82, 2.24) is 9.78 Å². The summed E-state index contributed by atoms with van der Waals surface area (Å²) in [7, 11) is 0. The summed E-state index contributed by atoms with van der Waals surface area (Å²) in [5.41, 5.74) is 2.14. The number of rotatable bonds is 6. The number of carbonyl (C=O) groups is 1. The molecule has 0 aliphatic heterocycles. The highest BCUT2D eigenvalue weighted by atomic mass is 79.9. The third-order valence-electron chi connectivity index (χ3n) is 4.55.